The molecule has 0 radical (unpaired) electrons. The van der Waals surface area contributed by atoms with Crippen molar-refractivity contribution in [3.05, 3.63) is 48.6 Å². The maximum Gasteiger partial charge on any atom is 0.329 e. The Balaban J connectivity index is 3.57. The van der Waals surface area contributed by atoms with E-state index in [0.717, 1.165) is 25.7 Å². The number of carbonyl (C=O) groups is 1. The molecule has 1 unspecified atom stereocenters. The molecular weight excluding hydrogens is 292 g/mol. The maximum absolute atomic E-state index is 10.2. The second-order valence-corrected chi connectivity index (χ2v) is 5.20. The first-order chi connectivity index (χ1) is 11.2. The van der Waals surface area contributed by atoms with Gasteiger partial charge in [0.1, 0.15) is 6.61 Å². The summed E-state index contributed by atoms with van der Waals surface area (Å²) in [6, 6.07) is 0. The molecule has 4 nitrogen and oxygen atoms in total. The van der Waals surface area contributed by atoms with Gasteiger partial charge in [-0.2, -0.15) is 0 Å². The highest BCUT2D eigenvalue weighted by molar-refractivity contribution is 5.67. The maximum atomic E-state index is 10.2. The van der Waals surface area contributed by atoms with E-state index in [-0.39, 0.29) is 12.7 Å². The Bertz CT molecular complexity index is 394. The quantitative estimate of drug-likeness (QED) is 0.288. The van der Waals surface area contributed by atoms with Crippen LogP contribution >= 0.6 is 0 Å². The van der Waals surface area contributed by atoms with E-state index in [1.807, 2.05) is 42.5 Å². The Morgan fingerprint density at radius 3 is 2.43 bits per heavy atom. The van der Waals surface area contributed by atoms with Gasteiger partial charge in [0.05, 0.1) is 12.7 Å². The van der Waals surface area contributed by atoms with E-state index in [1.54, 1.807) is 0 Å². The van der Waals surface area contributed by atoms with E-state index in [0.29, 0.717) is 6.61 Å². The van der Waals surface area contributed by atoms with Crippen LogP contribution in [0.25, 0.3) is 0 Å². The average Bonchev–Trinajstić information content (AvgIpc) is 2.51. The third kappa shape index (κ3) is 18.3. The fourth-order valence-corrected chi connectivity index (χ4v) is 1.78. The minimum atomic E-state index is -0.951. The minimum Gasteiger partial charge on any atom is -0.480 e. The topological polar surface area (TPSA) is 66.8 Å². The fourth-order valence-electron chi connectivity index (χ4n) is 1.78. The second-order valence-electron chi connectivity index (χ2n) is 5.20. The lowest BCUT2D eigenvalue weighted by Crippen LogP contribution is -2.06. The number of unbranched alkanes of at least 4 members (excludes halogenated alkanes) is 2. The van der Waals surface area contributed by atoms with Gasteiger partial charge in [-0.25, -0.2) is 4.79 Å². The molecule has 2 N–H and O–H groups in total. The van der Waals surface area contributed by atoms with Crippen LogP contribution in [0, 0.1) is 0 Å². The number of hydrogen-bond donors (Lipinski definition) is 2. The third-order valence-electron chi connectivity index (χ3n) is 3.00. The molecule has 0 aliphatic rings. The van der Waals surface area contributed by atoms with Crippen molar-refractivity contribution in [2.24, 2.45) is 0 Å². The Labute approximate surface area is 139 Å². The lowest BCUT2D eigenvalue weighted by atomic mass is 10.1. The van der Waals surface area contributed by atoms with Crippen molar-refractivity contribution < 1.29 is 19.7 Å². The molecule has 0 saturated heterocycles. The highest BCUT2D eigenvalue weighted by atomic mass is 16.5. The molecule has 23 heavy (non-hydrogen) atoms. The summed E-state index contributed by atoms with van der Waals surface area (Å²) in [4.78, 5) is 10.2. The molecular formula is C19H30O4. The van der Waals surface area contributed by atoms with Gasteiger partial charge in [0.15, 0.2) is 0 Å². The standard InChI is InChI=1S/C19H30O4/c1-2-3-11-14-18(20)15-12-9-7-5-4-6-8-10-13-16-23-17-19(21)22/h4,6-7,9-10,12-13,15,18,20H,2-3,5,8,11,14,16-17H2,1H3,(H,21,22)/b6-4-,9-7-,13-10-,15-12+. The molecule has 0 heterocycles. The van der Waals surface area contributed by atoms with Crippen molar-refractivity contribution in [2.75, 3.05) is 13.2 Å². The van der Waals surface area contributed by atoms with Gasteiger partial charge in [-0.3, -0.25) is 0 Å². The van der Waals surface area contributed by atoms with Crippen molar-refractivity contribution in [3.8, 4) is 0 Å². The number of allylic oxidation sites excluding steroid dienone is 6. The smallest absolute Gasteiger partial charge is 0.329 e. The molecule has 0 saturated carbocycles. The summed E-state index contributed by atoms with van der Waals surface area (Å²) in [5, 5.41) is 18.1. The van der Waals surface area contributed by atoms with E-state index in [9.17, 15) is 9.90 Å². The van der Waals surface area contributed by atoms with Crippen LogP contribution in [0.5, 0.6) is 0 Å². The van der Waals surface area contributed by atoms with Crippen molar-refractivity contribution in [1.82, 2.24) is 0 Å². The zero-order valence-electron chi connectivity index (χ0n) is 14.1. The van der Waals surface area contributed by atoms with Gasteiger partial charge in [0.25, 0.3) is 0 Å². The van der Waals surface area contributed by atoms with Gasteiger partial charge in [-0.15, -0.1) is 0 Å². The van der Waals surface area contributed by atoms with E-state index >= 15 is 0 Å². The summed E-state index contributed by atoms with van der Waals surface area (Å²) >= 11 is 0. The van der Waals surface area contributed by atoms with E-state index < -0.39 is 5.97 Å². The Kier molecular flexibility index (Phi) is 15.5. The predicted octanol–water partition coefficient (Wildman–Crippen LogP) is 4.03. The van der Waals surface area contributed by atoms with Crippen LogP contribution in [0.3, 0.4) is 0 Å². The Morgan fingerprint density at radius 2 is 1.74 bits per heavy atom. The summed E-state index contributed by atoms with van der Waals surface area (Å²) in [6.07, 6.45) is 21.1. The predicted molar refractivity (Wildman–Crippen MR) is 94.4 cm³/mol. The summed E-state index contributed by atoms with van der Waals surface area (Å²) in [6.45, 7) is 2.22. The van der Waals surface area contributed by atoms with E-state index in [4.69, 9.17) is 9.84 Å². The number of aliphatic hydroxyl groups is 1. The number of hydrogen-bond acceptors (Lipinski definition) is 3. The number of aliphatic hydroxyl groups excluding tert-OH is 1. The van der Waals surface area contributed by atoms with Crippen molar-refractivity contribution in [2.45, 2.75) is 51.6 Å². The summed E-state index contributed by atoms with van der Waals surface area (Å²) in [5.41, 5.74) is 0. The second kappa shape index (κ2) is 16.7. The first-order valence-corrected chi connectivity index (χ1v) is 8.27. The molecule has 0 fully saturated rings. The number of ether oxygens (including phenoxy) is 1. The summed E-state index contributed by atoms with van der Waals surface area (Å²) in [7, 11) is 0. The number of carboxylic acid groups (broad SMARTS) is 1. The number of rotatable bonds is 14. The zero-order valence-corrected chi connectivity index (χ0v) is 14.1. The average molecular weight is 322 g/mol. The van der Waals surface area contributed by atoms with Crippen LogP contribution < -0.4 is 0 Å². The lowest BCUT2D eigenvalue weighted by Gasteiger charge is -2.02. The molecule has 0 spiro atoms. The monoisotopic (exact) mass is 322 g/mol. The van der Waals surface area contributed by atoms with Crippen molar-refractivity contribution in [3.63, 3.8) is 0 Å². The molecule has 0 amide bonds. The van der Waals surface area contributed by atoms with Crippen LogP contribution in [-0.2, 0) is 9.53 Å². The van der Waals surface area contributed by atoms with Gasteiger partial charge in [0, 0.05) is 0 Å². The molecule has 0 aliphatic heterocycles. The largest absolute Gasteiger partial charge is 0.480 e. The molecule has 0 aromatic heterocycles. The molecule has 1 atom stereocenters. The third-order valence-corrected chi connectivity index (χ3v) is 3.00. The molecule has 0 aromatic rings. The van der Waals surface area contributed by atoms with Crippen LogP contribution in [0.2, 0.25) is 0 Å². The van der Waals surface area contributed by atoms with Gasteiger partial charge in [0.2, 0.25) is 0 Å². The number of carboxylic acids is 1. The van der Waals surface area contributed by atoms with Crippen LogP contribution in [-0.4, -0.2) is 35.5 Å². The highest BCUT2D eigenvalue weighted by Gasteiger charge is 1.96. The van der Waals surface area contributed by atoms with Crippen molar-refractivity contribution in [1.29, 1.82) is 0 Å². The molecule has 0 rings (SSSR count). The highest BCUT2D eigenvalue weighted by Crippen LogP contribution is 2.04. The SMILES string of the molecule is CCCCCC(O)/C=C/C=C\C/C=C\C/C=C\COCC(=O)O. The molecule has 4 heteroatoms. The minimum absolute atomic E-state index is 0.258. The Hall–Kier alpha value is -1.65. The summed E-state index contributed by atoms with van der Waals surface area (Å²) < 4.78 is 4.87. The van der Waals surface area contributed by atoms with Crippen LogP contribution in [0.4, 0.5) is 0 Å². The molecule has 0 aliphatic carbocycles. The van der Waals surface area contributed by atoms with Gasteiger partial charge in [-0.1, -0.05) is 74.8 Å². The normalized spacial score (nSPS) is 13.8. The Morgan fingerprint density at radius 1 is 1.04 bits per heavy atom. The molecule has 0 aromatic carbocycles. The van der Waals surface area contributed by atoms with Crippen molar-refractivity contribution >= 4 is 5.97 Å². The lowest BCUT2D eigenvalue weighted by molar-refractivity contribution is -0.141. The van der Waals surface area contributed by atoms with Gasteiger partial charge >= 0.3 is 5.97 Å². The number of aliphatic carboxylic acids is 1. The molecule has 130 valence electrons. The fraction of sp³-hybridized carbons (Fsp3) is 0.526. The van der Waals surface area contributed by atoms with Gasteiger partial charge in [-0.05, 0) is 19.3 Å². The summed E-state index contributed by atoms with van der Waals surface area (Å²) in [5.74, 6) is -0.951. The van der Waals surface area contributed by atoms with Crippen LogP contribution in [0.15, 0.2) is 48.6 Å². The van der Waals surface area contributed by atoms with E-state index in [1.165, 1.54) is 12.8 Å². The van der Waals surface area contributed by atoms with Gasteiger partial charge < -0.3 is 14.9 Å². The van der Waals surface area contributed by atoms with Crippen LogP contribution in [0.1, 0.15) is 45.4 Å². The van der Waals surface area contributed by atoms with E-state index in [2.05, 4.69) is 13.0 Å². The first-order valence-electron chi connectivity index (χ1n) is 8.27. The molecule has 0 bridgehead atoms. The zero-order chi connectivity index (χ0) is 17.2. The first kappa shape index (κ1) is 21.4.